The highest BCUT2D eigenvalue weighted by molar-refractivity contribution is 7.20. The molecule has 3 heterocycles. The van der Waals surface area contributed by atoms with E-state index >= 15 is 0 Å². The molecule has 3 rings (SSSR count). The second kappa shape index (κ2) is 3.85. The first-order valence-corrected chi connectivity index (χ1v) is 6.06. The molecule has 6 heteroatoms. The Morgan fingerprint density at radius 3 is 2.83 bits per heavy atom. The van der Waals surface area contributed by atoms with Gasteiger partial charge in [0.1, 0.15) is 4.88 Å². The number of primary amides is 1. The number of pyridine rings is 1. The summed E-state index contributed by atoms with van der Waals surface area (Å²) in [5, 5.41) is 0.795. The minimum atomic E-state index is -0.512. The monoisotopic (exact) mass is 260 g/mol. The van der Waals surface area contributed by atoms with Crippen molar-refractivity contribution >= 4 is 33.1 Å². The van der Waals surface area contributed by atoms with Crippen LogP contribution < -0.4 is 16.5 Å². The summed E-state index contributed by atoms with van der Waals surface area (Å²) in [4.78, 5) is 15.6. The predicted octanol–water partition coefficient (Wildman–Crippen LogP) is 1.66. The zero-order valence-electron chi connectivity index (χ0n) is 9.27. The van der Waals surface area contributed by atoms with E-state index in [1.54, 1.807) is 6.26 Å². The number of H-pyrrole nitrogens is 1. The van der Waals surface area contributed by atoms with E-state index in [0.29, 0.717) is 10.6 Å². The lowest BCUT2D eigenvalue weighted by Gasteiger charge is -1.91. The van der Waals surface area contributed by atoms with E-state index in [2.05, 4.69) is 4.98 Å². The molecule has 90 valence electrons. The smallest absolute Gasteiger partial charge is 0.270 e. The lowest BCUT2D eigenvalue weighted by Crippen LogP contribution is -2.10. The van der Waals surface area contributed by atoms with Gasteiger partial charge in [-0.3, -0.25) is 4.79 Å². The zero-order valence-corrected chi connectivity index (χ0v) is 10.1. The van der Waals surface area contributed by atoms with Crippen molar-refractivity contribution in [3.05, 3.63) is 35.4 Å². The molecule has 0 aromatic carbocycles. The number of fused-ring (bicyclic) bond motifs is 1. The van der Waals surface area contributed by atoms with Crippen LogP contribution in [0.3, 0.4) is 0 Å². The van der Waals surface area contributed by atoms with E-state index in [-0.39, 0.29) is 0 Å². The number of nitrogens with one attached hydrogen (secondary N) is 1. The van der Waals surface area contributed by atoms with Crippen LogP contribution in [-0.4, -0.2) is 5.91 Å². The van der Waals surface area contributed by atoms with Gasteiger partial charge in [0.25, 0.3) is 10.7 Å². The molecule has 0 bridgehead atoms. The largest absolute Gasteiger partial charge is 0.458 e. The average Bonchev–Trinajstić information content (AvgIpc) is 2.97. The maximum absolute atomic E-state index is 11.2. The molecule has 0 aliphatic rings. The number of furan rings is 1. The number of carbonyl (C=O) groups is 1. The Morgan fingerprint density at radius 2 is 2.17 bits per heavy atom. The highest BCUT2D eigenvalue weighted by atomic mass is 32.1. The Hall–Kier alpha value is -2.34. The molecule has 3 aromatic heterocycles. The number of nitrogen functional groups attached to an aromatic ring is 1. The molecular weight excluding hydrogens is 250 g/mol. The van der Waals surface area contributed by atoms with Crippen LogP contribution in [0.25, 0.3) is 21.7 Å². The molecule has 0 saturated heterocycles. The zero-order chi connectivity index (χ0) is 12.7. The fourth-order valence-corrected chi connectivity index (χ4v) is 2.78. The molecule has 0 saturated carbocycles. The highest BCUT2D eigenvalue weighted by Gasteiger charge is 2.19. The Bertz CT molecular complexity index is 731. The fourth-order valence-electron chi connectivity index (χ4n) is 1.80. The molecule has 3 aromatic rings. The number of aromatic amines is 1. The van der Waals surface area contributed by atoms with Crippen molar-refractivity contribution in [1.82, 2.24) is 0 Å². The van der Waals surface area contributed by atoms with Crippen LogP contribution in [0, 0.1) is 0 Å². The molecule has 0 radical (unpaired) electrons. The van der Waals surface area contributed by atoms with Crippen molar-refractivity contribution in [3.8, 4) is 11.5 Å². The van der Waals surface area contributed by atoms with Gasteiger partial charge in [-0.2, -0.15) is 4.98 Å². The molecule has 1 amide bonds. The SMILES string of the molecule is NC(=O)c1sc2[nH+]c(-c3ccco3)ccc2c1N. The highest BCUT2D eigenvalue weighted by Crippen LogP contribution is 2.31. The summed E-state index contributed by atoms with van der Waals surface area (Å²) >= 11 is 1.25. The molecule has 0 spiro atoms. The van der Waals surface area contributed by atoms with Gasteiger partial charge in [0.2, 0.25) is 5.69 Å². The number of amides is 1. The lowest BCUT2D eigenvalue weighted by molar-refractivity contribution is -0.329. The van der Waals surface area contributed by atoms with Gasteiger partial charge >= 0.3 is 0 Å². The van der Waals surface area contributed by atoms with Crippen LogP contribution in [0.2, 0.25) is 0 Å². The molecule has 5 N–H and O–H groups in total. The normalized spacial score (nSPS) is 10.9. The number of aromatic nitrogens is 1. The molecule has 0 aliphatic carbocycles. The van der Waals surface area contributed by atoms with Crippen LogP contribution >= 0.6 is 11.3 Å². The second-order valence-electron chi connectivity index (χ2n) is 3.80. The second-order valence-corrected chi connectivity index (χ2v) is 4.82. The number of thiophene rings is 1. The standard InChI is InChI=1S/C12H9N3O2S/c13-9-6-3-4-7(8-2-1-5-17-8)15-12(6)18-10(9)11(14)16/h1-5H,13H2,(H2,14,16)/p+1. The first kappa shape index (κ1) is 10.8. The van der Waals surface area contributed by atoms with Crippen LogP contribution in [0.5, 0.6) is 0 Å². The van der Waals surface area contributed by atoms with E-state index in [0.717, 1.165) is 21.7 Å². The van der Waals surface area contributed by atoms with Gasteiger partial charge in [0.05, 0.1) is 17.3 Å². The van der Waals surface area contributed by atoms with Crippen molar-refractivity contribution in [3.63, 3.8) is 0 Å². The Labute approximate surface area is 106 Å². The maximum atomic E-state index is 11.2. The topological polar surface area (TPSA) is 96.4 Å². The Kier molecular flexibility index (Phi) is 2.31. The third kappa shape index (κ3) is 1.54. The average molecular weight is 260 g/mol. The van der Waals surface area contributed by atoms with Gasteiger partial charge in [0, 0.05) is 6.07 Å². The number of hydrogen-bond acceptors (Lipinski definition) is 4. The van der Waals surface area contributed by atoms with Gasteiger partial charge in [-0.1, -0.05) is 11.3 Å². The van der Waals surface area contributed by atoms with Crippen LogP contribution in [0.4, 0.5) is 5.69 Å². The van der Waals surface area contributed by atoms with Crippen molar-refractivity contribution in [2.45, 2.75) is 0 Å². The van der Waals surface area contributed by atoms with E-state index in [1.807, 2.05) is 24.3 Å². The summed E-state index contributed by atoms with van der Waals surface area (Å²) < 4.78 is 5.30. The summed E-state index contributed by atoms with van der Waals surface area (Å²) in [7, 11) is 0. The summed E-state index contributed by atoms with van der Waals surface area (Å²) in [6.45, 7) is 0. The number of carbonyl (C=O) groups excluding carboxylic acids is 1. The Morgan fingerprint density at radius 1 is 1.33 bits per heavy atom. The van der Waals surface area contributed by atoms with Crippen molar-refractivity contribution < 1.29 is 14.2 Å². The van der Waals surface area contributed by atoms with E-state index in [9.17, 15) is 4.79 Å². The minimum Gasteiger partial charge on any atom is -0.458 e. The molecule has 0 fully saturated rings. The van der Waals surface area contributed by atoms with Gasteiger partial charge in [-0.25, -0.2) is 0 Å². The quantitative estimate of drug-likeness (QED) is 0.733. The van der Waals surface area contributed by atoms with Crippen LogP contribution in [0.15, 0.2) is 34.9 Å². The van der Waals surface area contributed by atoms with Gasteiger partial charge in [-0.15, -0.1) is 0 Å². The number of anilines is 1. The molecule has 0 aliphatic heterocycles. The first-order chi connectivity index (χ1) is 8.66. The Balaban J connectivity index is 2.22. The number of nitrogens with two attached hydrogens (primary N) is 2. The van der Waals surface area contributed by atoms with E-state index < -0.39 is 5.91 Å². The van der Waals surface area contributed by atoms with Gasteiger partial charge in [-0.05, 0) is 18.2 Å². The summed E-state index contributed by atoms with van der Waals surface area (Å²) in [6, 6.07) is 7.37. The van der Waals surface area contributed by atoms with Gasteiger partial charge in [0.15, 0.2) is 5.76 Å². The predicted molar refractivity (Wildman–Crippen MR) is 69.0 cm³/mol. The maximum Gasteiger partial charge on any atom is 0.270 e. The van der Waals surface area contributed by atoms with E-state index in [4.69, 9.17) is 15.9 Å². The minimum absolute atomic E-state index is 0.373. The van der Waals surface area contributed by atoms with Crippen molar-refractivity contribution in [2.24, 2.45) is 5.73 Å². The molecular formula is C12H10N3O2S+. The summed E-state index contributed by atoms with van der Waals surface area (Å²) in [6.07, 6.45) is 1.60. The molecule has 0 atom stereocenters. The number of rotatable bonds is 2. The lowest BCUT2D eigenvalue weighted by atomic mass is 10.2. The summed E-state index contributed by atoms with van der Waals surface area (Å²) in [5.41, 5.74) is 12.4. The fraction of sp³-hybridized carbons (Fsp3) is 0. The third-order valence-electron chi connectivity index (χ3n) is 2.66. The molecule has 5 nitrogen and oxygen atoms in total. The van der Waals surface area contributed by atoms with Crippen molar-refractivity contribution in [2.75, 3.05) is 5.73 Å². The summed E-state index contributed by atoms with van der Waals surface area (Å²) in [5.74, 6) is 0.214. The first-order valence-electron chi connectivity index (χ1n) is 5.25. The number of hydrogen-bond donors (Lipinski definition) is 2. The van der Waals surface area contributed by atoms with E-state index in [1.165, 1.54) is 11.3 Å². The third-order valence-corrected chi connectivity index (χ3v) is 3.81. The molecule has 18 heavy (non-hydrogen) atoms. The van der Waals surface area contributed by atoms with Crippen LogP contribution in [0.1, 0.15) is 9.67 Å². The molecule has 0 unspecified atom stereocenters. The van der Waals surface area contributed by atoms with Crippen LogP contribution in [-0.2, 0) is 0 Å². The van der Waals surface area contributed by atoms with Crippen molar-refractivity contribution in [1.29, 1.82) is 0 Å². The van der Waals surface area contributed by atoms with Gasteiger partial charge < -0.3 is 15.9 Å².